The lowest BCUT2D eigenvalue weighted by atomic mass is 9.97. The van der Waals surface area contributed by atoms with Gasteiger partial charge in [-0.05, 0) is 18.6 Å². The van der Waals surface area contributed by atoms with E-state index in [9.17, 15) is 14.4 Å². The maximum absolute atomic E-state index is 13.0. The van der Waals surface area contributed by atoms with E-state index < -0.39 is 0 Å². The molecule has 0 spiro atoms. The number of carbonyl (C=O) groups excluding carboxylic acids is 3. The molecule has 1 aromatic carbocycles. The molecule has 10 heteroatoms. The predicted molar refractivity (Wildman–Crippen MR) is 118 cm³/mol. The zero-order chi connectivity index (χ0) is 22.2. The lowest BCUT2D eigenvalue weighted by molar-refractivity contribution is -0.116. The van der Waals surface area contributed by atoms with Gasteiger partial charge in [0.05, 0.1) is 22.2 Å². The van der Waals surface area contributed by atoms with Crippen molar-refractivity contribution in [2.45, 2.75) is 32.1 Å². The Morgan fingerprint density at radius 1 is 1.16 bits per heavy atom. The van der Waals surface area contributed by atoms with Crippen LogP contribution in [0.15, 0.2) is 43.1 Å². The lowest BCUT2D eigenvalue weighted by Crippen LogP contribution is -2.23. The highest BCUT2D eigenvalue weighted by Crippen LogP contribution is 2.29. The number of anilines is 1. The number of nitrogens with zero attached hydrogens (tertiary/aromatic N) is 5. The smallest absolute Gasteiger partial charge is 0.275 e. The Morgan fingerprint density at radius 2 is 2.00 bits per heavy atom. The minimum Gasteiger partial charge on any atom is -0.310 e. The molecule has 0 unspecified atom stereocenters. The maximum atomic E-state index is 13.0. The van der Waals surface area contributed by atoms with Gasteiger partial charge in [0.25, 0.3) is 5.91 Å². The summed E-state index contributed by atoms with van der Waals surface area (Å²) >= 11 is 1.27. The lowest BCUT2D eigenvalue weighted by Gasteiger charge is -2.17. The van der Waals surface area contributed by atoms with Crippen molar-refractivity contribution >= 4 is 45.8 Å². The summed E-state index contributed by atoms with van der Waals surface area (Å²) in [5.41, 5.74) is 2.48. The summed E-state index contributed by atoms with van der Waals surface area (Å²) in [6, 6.07) is 7.42. The molecule has 0 fully saturated rings. The third kappa shape index (κ3) is 3.58. The van der Waals surface area contributed by atoms with Gasteiger partial charge in [0.1, 0.15) is 29.0 Å². The molecule has 4 aromatic rings. The maximum Gasteiger partial charge on any atom is 0.275 e. The van der Waals surface area contributed by atoms with Crippen LogP contribution in [0.3, 0.4) is 0 Å². The minimum absolute atomic E-state index is 0.117. The fourth-order valence-electron chi connectivity index (χ4n) is 3.75. The second kappa shape index (κ2) is 8.04. The molecule has 9 nitrogen and oxygen atoms in total. The second-order valence-corrected chi connectivity index (χ2v) is 8.66. The molecule has 1 atom stereocenters. The number of thiazole rings is 1. The van der Waals surface area contributed by atoms with Gasteiger partial charge in [0, 0.05) is 24.3 Å². The number of aromatic nitrogens is 5. The molecule has 5 rings (SSSR count). The van der Waals surface area contributed by atoms with E-state index in [0.717, 1.165) is 11.0 Å². The number of amides is 1. The topological polar surface area (TPSA) is 120 Å². The summed E-state index contributed by atoms with van der Waals surface area (Å²) < 4.78 is 1.50. The van der Waals surface area contributed by atoms with Crippen LogP contribution in [0, 0.1) is 0 Å². The molecule has 0 bridgehead atoms. The van der Waals surface area contributed by atoms with E-state index in [1.54, 1.807) is 6.20 Å². The first-order valence-electron chi connectivity index (χ1n) is 10.1. The van der Waals surface area contributed by atoms with Crippen LogP contribution >= 0.6 is 11.3 Å². The van der Waals surface area contributed by atoms with Gasteiger partial charge in [-0.15, -0.1) is 11.3 Å². The number of ketones is 1. The van der Waals surface area contributed by atoms with E-state index in [0.29, 0.717) is 39.8 Å². The molecule has 1 amide bonds. The predicted octanol–water partition coefficient (Wildman–Crippen LogP) is 3.23. The number of hydrogen-bond donors (Lipinski definition) is 1. The van der Waals surface area contributed by atoms with E-state index in [1.165, 1.54) is 28.6 Å². The Morgan fingerprint density at radius 3 is 2.88 bits per heavy atom. The molecular weight excluding hydrogens is 428 g/mol. The third-order valence-electron chi connectivity index (χ3n) is 5.39. The van der Waals surface area contributed by atoms with E-state index >= 15 is 0 Å². The summed E-state index contributed by atoms with van der Waals surface area (Å²) in [5.74, 6) is -0.259. The SMILES string of the molecule is C[C@@H](CC(=O)c1ncnc2c1CCC(=O)N2)c1ncc(C(=O)n2cnc3ccccc32)s1. The molecular formula is C22H18N6O3S. The van der Waals surface area contributed by atoms with E-state index in [-0.39, 0.29) is 29.9 Å². The molecule has 160 valence electrons. The summed E-state index contributed by atoms with van der Waals surface area (Å²) in [7, 11) is 0. The highest BCUT2D eigenvalue weighted by molar-refractivity contribution is 7.13. The highest BCUT2D eigenvalue weighted by atomic mass is 32.1. The number of fused-ring (bicyclic) bond motifs is 2. The van der Waals surface area contributed by atoms with Gasteiger partial charge in [-0.2, -0.15) is 0 Å². The van der Waals surface area contributed by atoms with Gasteiger partial charge < -0.3 is 5.32 Å². The third-order valence-corrected chi connectivity index (χ3v) is 6.61. The van der Waals surface area contributed by atoms with E-state index in [4.69, 9.17) is 0 Å². The van der Waals surface area contributed by atoms with Crippen LogP contribution in [-0.4, -0.2) is 42.1 Å². The van der Waals surface area contributed by atoms with Crippen LogP contribution in [0.25, 0.3) is 11.0 Å². The number of carbonyl (C=O) groups is 3. The Hall–Kier alpha value is -3.79. The highest BCUT2D eigenvalue weighted by Gasteiger charge is 2.26. The molecule has 0 saturated heterocycles. The van der Waals surface area contributed by atoms with Gasteiger partial charge in [-0.25, -0.2) is 19.9 Å². The Kier molecular flexibility index (Phi) is 5.06. The quantitative estimate of drug-likeness (QED) is 0.467. The largest absolute Gasteiger partial charge is 0.310 e. The van der Waals surface area contributed by atoms with Gasteiger partial charge in [0.15, 0.2) is 5.78 Å². The first kappa shape index (κ1) is 20.1. The van der Waals surface area contributed by atoms with Crippen molar-refractivity contribution in [2.24, 2.45) is 0 Å². The Balaban J connectivity index is 1.34. The van der Waals surface area contributed by atoms with Crippen LogP contribution < -0.4 is 5.32 Å². The second-order valence-electron chi connectivity index (χ2n) is 7.60. The fraction of sp³-hybridized carbons (Fsp3) is 0.227. The number of rotatable bonds is 5. The molecule has 3 aromatic heterocycles. The standard InChI is InChI=1S/C22H18N6O3S/c1-12(8-16(29)19-13-6-7-18(30)27-20(13)25-10-24-19)21-23-9-17(32-21)22(31)28-11-26-14-4-2-3-5-15(14)28/h2-5,9-12H,6-8H2,1H3,(H,24,25,27,30)/t12-/m0/s1. The summed E-state index contributed by atoms with van der Waals surface area (Å²) in [5, 5.41) is 3.38. The molecule has 4 heterocycles. The molecule has 1 aliphatic rings. The van der Waals surface area contributed by atoms with Crippen molar-refractivity contribution in [1.29, 1.82) is 0 Å². The van der Waals surface area contributed by atoms with Crippen LogP contribution in [0.1, 0.15) is 56.4 Å². The zero-order valence-corrected chi connectivity index (χ0v) is 17.9. The normalized spacial score (nSPS) is 14.1. The molecule has 1 N–H and O–H groups in total. The first-order valence-corrected chi connectivity index (χ1v) is 10.9. The summed E-state index contributed by atoms with van der Waals surface area (Å²) in [4.78, 5) is 54.9. The number of para-hydroxylation sites is 2. The van der Waals surface area contributed by atoms with Crippen molar-refractivity contribution in [2.75, 3.05) is 5.32 Å². The van der Waals surface area contributed by atoms with E-state index in [2.05, 4.69) is 25.3 Å². The van der Waals surface area contributed by atoms with Crippen LogP contribution in [0.2, 0.25) is 0 Å². The zero-order valence-electron chi connectivity index (χ0n) is 17.1. The van der Waals surface area contributed by atoms with Gasteiger partial charge in [-0.1, -0.05) is 19.1 Å². The van der Waals surface area contributed by atoms with Crippen molar-refractivity contribution in [3.8, 4) is 0 Å². The van der Waals surface area contributed by atoms with Gasteiger partial charge in [-0.3, -0.25) is 19.0 Å². The average molecular weight is 446 g/mol. The Labute approximate surface area is 186 Å². The fourth-order valence-corrected chi connectivity index (χ4v) is 4.65. The number of benzene rings is 1. The van der Waals surface area contributed by atoms with Crippen LogP contribution in [-0.2, 0) is 11.2 Å². The van der Waals surface area contributed by atoms with Crippen LogP contribution in [0.5, 0.6) is 0 Å². The number of imidazole rings is 1. The van der Waals surface area contributed by atoms with E-state index in [1.807, 2.05) is 31.2 Å². The van der Waals surface area contributed by atoms with Crippen molar-refractivity contribution in [1.82, 2.24) is 24.5 Å². The van der Waals surface area contributed by atoms with Crippen molar-refractivity contribution < 1.29 is 14.4 Å². The van der Waals surface area contributed by atoms with Crippen LogP contribution in [0.4, 0.5) is 5.82 Å². The summed E-state index contributed by atoms with van der Waals surface area (Å²) in [6.45, 7) is 1.90. The monoisotopic (exact) mass is 446 g/mol. The summed E-state index contributed by atoms with van der Waals surface area (Å²) in [6.07, 6.45) is 5.27. The van der Waals surface area contributed by atoms with Gasteiger partial charge in [0.2, 0.25) is 5.91 Å². The number of Topliss-reactive ketones (excluding diaryl/α,β-unsaturated/α-hetero) is 1. The average Bonchev–Trinajstić information content (AvgIpc) is 3.46. The number of hydrogen-bond acceptors (Lipinski definition) is 8. The minimum atomic E-state index is -0.207. The number of nitrogens with one attached hydrogen (secondary N) is 1. The molecule has 1 aliphatic heterocycles. The Bertz CT molecular complexity index is 1380. The van der Waals surface area contributed by atoms with Crippen molar-refractivity contribution in [3.05, 3.63) is 64.3 Å². The molecule has 0 radical (unpaired) electrons. The van der Waals surface area contributed by atoms with Gasteiger partial charge >= 0.3 is 0 Å². The molecule has 0 saturated carbocycles. The molecule has 0 aliphatic carbocycles. The first-order chi connectivity index (χ1) is 15.5. The van der Waals surface area contributed by atoms with Crippen molar-refractivity contribution in [3.63, 3.8) is 0 Å². The molecule has 32 heavy (non-hydrogen) atoms.